The van der Waals surface area contributed by atoms with Gasteiger partial charge in [-0.15, -0.1) is 0 Å². The molecule has 10 unspecified atom stereocenters. The van der Waals surface area contributed by atoms with Gasteiger partial charge in [0.05, 0.1) is 51.8 Å². The topological polar surface area (TPSA) is 130 Å². The number of esters is 1. The van der Waals surface area contributed by atoms with Crippen molar-refractivity contribution in [2.45, 2.75) is 101 Å². The third kappa shape index (κ3) is 14.9. The molecule has 2 fully saturated rings. The Bertz CT molecular complexity index is 2630. The van der Waals surface area contributed by atoms with Crippen molar-refractivity contribution < 1.29 is 57.3 Å². The standard InChI is InChI=1S/C61H62O12/c62-59(50-34-20-7-21-35-50)70-43-52-54(56(67-39-47-28-14-4-15-29-47)57(60(63)71-52)68-40-48-30-16-5-17-31-48)73-61-58(69-41-49-32-18-6-19-33-49)55(66-38-46-26-12-3-13-27-46)53(65-37-45-24-10-2-11-25-45)51(72-61)42-64-36-44-22-8-1-9-23-44/h1-35,51-58,60-61,63H,36-43H2. The number of rotatable bonds is 24. The Kier molecular flexibility index (Phi) is 19.1. The van der Waals surface area contributed by atoms with Crippen LogP contribution in [0.2, 0.25) is 0 Å². The highest BCUT2D eigenvalue weighted by molar-refractivity contribution is 5.89. The number of hydrogen-bond donors (Lipinski definition) is 1. The van der Waals surface area contributed by atoms with Crippen molar-refractivity contribution in [3.05, 3.63) is 251 Å². The van der Waals surface area contributed by atoms with Gasteiger partial charge in [0.15, 0.2) is 12.6 Å². The van der Waals surface area contributed by atoms with Gasteiger partial charge in [-0.1, -0.05) is 200 Å². The van der Waals surface area contributed by atoms with Crippen molar-refractivity contribution in [3.8, 4) is 0 Å². The average Bonchev–Trinajstić information content (AvgIpc) is 3.45. The Morgan fingerprint density at radius 1 is 0.370 bits per heavy atom. The lowest BCUT2D eigenvalue weighted by Crippen LogP contribution is -2.66. The zero-order chi connectivity index (χ0) is 49.9. The van der Waals surface area contributed by atoms with Crippen molar-refractivity contribution >= 4 is 5.97 Å². The van der Waals surface area contributed by atoms with Crippen molar-refractivity contribution in [2.24, 2.45) is 0 Å². The van der Waals surface area contributed by atoms with Gasteiger partial charge in [-0.3, -0.25) is 0 Å². The van der Waals surface area contributed by atoms with Crippen LogP contribution in [0.3, 0.4) is 0 Å². The highest BCUT2D eigenvalue weighted by Crippen LogP contribution is 2.36. The van der Waals surface area contributed by atoms with Crippen LogP contribution in [0, 0.1) is 0 Å². The van der Waals surface area contributed by atoms with E-state index in [9.17, 15) is 9.90 Å². The van der Waals surface area contributed by atoms with Gasteiger partial charge >= 0.3 is 5.97 Å². The number of aliphatic hydroxyl groups excluding tert-OH is 1. The van der Waals surface area contributed by atoms with Crippen LogP contribution in [0.5, 0.6) is 0 Å². The van der Waals surface area contributed by atoms with Gasteiger partial charge in [0, 0.05) is 0 Å². The predicted molar refractivity (Wildman–Crippen MR) is 272 cm³/mol. The van der Waals surface area contributed by atoms with Gasteiger partial charge in [0.1, 0.15) is 55.4 Å². The van der Waals surface area contributed by atoms with Crippen LogP contribution < -0.4 is 0 Å². The minimum atomic E-state index is -1.53. The van der Waals surface area contributed by atoms with Crippen LogP contribution >= 0.6 is 0 Å². The largest absolute Gasteiger partial charge is 0.459 e. The maximum absolute atomic E-state index is 13.6. The highest BCUT2D eigenvalue weighted by atomic mass is 16.8. The van der Waals surface area contributed by atoms with Crippen molar-refractivity contribution in [1.29, 1.82) is 0 Å². The van der Waals surface area contributed by atoms with E-state index in [1.165, 1.54) is 0 Å². The summed E-state index contributed by atoms with van der Waals surface area (Å²) in [7, 11) is 0. The van der Waals surface area contributed by atoms with Gasteiger partial charge in [-0.05, 0) is 45.5 Å². The normalized spacial score (nSPS) is 23.9. The first-order valence-electron chi connectivity index (χ1n) is 24.8. The molecule has 7 aromatic rings. The molecule has 0 saturated carbocycles. The zero-order valence-corrected chi connectivity index (χ0v) is 40.6. The molecule has 1 N–H and O–H groups in total. The van der Waals surface area contributed by atoms with Crippen LogP contribution in [0.15, 0.2) is 212 Å². The Hall–Kier alpha value is -6.39. The second kappa shape index (κ2) is 27.1. The monoisotopic (exact) mass is 986 g/mol. The van der Waals surface area contributed by atoms with E-state index in [0.29, 0.717) is 12.2 Å². The van der Waals surface area contributed by atoms with E-state index >= 15 is 0 Å². The van der Waals surface area contributed by atoms with Gasteiger partial charge in [-0.25, -0.2) is 4.79 Å². The van der Waals surface area contributed by atoms with Crippen LogP contribution in [0.1, 0.15) is 43.7 Å². The van der Waals surface area contributed by atoms with Crippen molar-refractivity contribution in [3.63, 3.8) is 0 Å². The molecular formula is C61H62O12. The second-order valence-electron chi connectivity index (χ2n) is 18.0. The first-order valence-corrected chi connectivity index (χ1v) is 24.8. The van der Waals surface area contributed by atoms with Gasteiger partial charge in [-0.2, -0.15) is 0 Å². The van der Waals surface area contributed by atoms with Crippen LogP contribution in [0.25, 0.3) is 0 Å². The molecule has 0 aromatic heterocycles. The lowest BCUT2D eigenvalue weighted by molar-refractivity contribution is -0.373. The molecule has 0 aliphatic carbocycles. The summed E-state index contributed by atoms with van der Waals surface area (Å²) in [6.07, 6.45) is -10.4. The number of carbonyl (C=O) groups excluding carboxylic acids is 1. The summed E-state index contributed by atoms with van der Waals surface area (Å²) in [4.78, 5) is 13.6. The van der Waals surface area contributed by atoms with Crippen LogP contribution in [0.4, 0.5) is 0 Å². The number of carbonyl (C=O) groups is 1. The highest BCUT2D eigenvalue weighted by Gasteiger charge is 2.54. The molecule has 9 rings (SSSR count). The zero-order valence-electron chi connectivity index (χ0n) is 40.6. The minimum Gasteiger partial charge on any atom is -0.459 e. The summed E-state index contributed by atoms with van der Waals surface area (Å²) in [6, 6.07) is 67.6. The molecule has 0 spiro atoms. The van der Waals surface area contributed by atoms with Gasteiger partial charge in [0.2, 0.25) is 0 Å². The first-order chi connectivity index (χ1) is 36.0. The summed E-state index contributed by atoms with van der Waals surface area (Å²) in [5.74, 6) is -0.581. The quantitative estimate of drug-likeness (QED) is 0.0579. The van der Waals surface area contributed by atoms with Crippen molar-refractivity contribution in [2.75, 3.05) is 13.2 Å². The molecule has 2 aliphatic rings. The van der Waals surface area contributed by atoms with Crippen LogP contribution in [-0.2, 0) is 87.0 Å². The Labute approximate surface area is 427 Å². The van der Waals surface area contributed by atoms with Gasteiger partial charge < -0.3 is 52.5 Å². The van der Waals surface area contributed by atoms with E-state index in [1.54, 1.807) is 24.3 Å². The minimum absolute atomic E-state index is 0.0829. The maximum atomic E-state index is 13.6. The fourth-order valence-corrected chi connectivity index (χ4v) is 8.92. The third-order valence-electron chi connectivity index (χ3n) is 12.7. The molecule has 2 saturated heterocycles. The summed E-state index contributed by atoms with van der Waals surface area (Å²) in [5.41, 5.74) is 5.88. The smallest absolute Gasteiger partial charge is 0.338 e. The molecule has 378 valence electrons. The van der Waals surface area contributed by atoms with E-state index in [4.69, 9.17) is 47.4 Å². The first kappa shape index (κ1) is 51.5. The summed E-state index contributed by atoms with van der Waals surface area (Å²) < 4.78 is 67.7. The van der Waals surface area contributed by atoms with E-state index in [0.717, 1.165) is 33.4 Å². The lowest BCUT2D eigenvalue weighted by atomic mass is 9.95. The second-order valence-corrected chi connectivity index (χ2v) is 18.0. The molecule has 12 nitrogen and oxygen atoms in total. The van der Waals surface area contributed by atoms with Gasteiger partial charge in [0.25, 0.3) is 0 Å². The predicted octanol–water partition coefficient (Wildman–Crippen LogP) is 9.81. The van der Waals surface area contributed by atoms with Crippen molar-refractivity contribution in [1.82, 2.24) is 0 Å². The van der Waals surface area contributed by atoms with E-state index in [2.05, 4.69) is 0 Å². The molecule has 0 amide bonds. The molecule has 73 heavy (non-hydrogen) atoms. The van der Waals surface area contributed by atoms with E-state index in [-0.39, 0.29) is 46.2 Å². The van der Waals surface area contributed by atoms with E-state index in [1.807, 2.05) is 188 Å². The average molecular weight is 987 g/mol. The number of ether oxygens (including phenoxy) is 10. The fraction of sp³-hybridized carbons (Fsp3) is 0.295. The summed E-state index contributed by atoms with van der Waals surface area (Å²) in [6.45, 7) is 0.917. The number of benzene rings is 7. The third-order valence-corrected chi connectivity index (χ3v) is 12.7. The lowest BCUT2D eigenvalue weighted by Gasteiger charge is -2.49. The summed E-state index contributed by atoms with van der Waals surface area (Å²) in [5, 5.41) is 12.0. The fourth-order valence-electron chi connectivity index (χ4n) is 8.92. The number of aliphatic hydroxyl groups is 1. The molecular weight excluding hydrogens is 925 g/mol. The molecule has 10 atom stereocenters. The molecule has 0 radical (unpaired) electrons. The Morgan fingerprint density at radius 3 is 1.15 bits per heavy atom. The molecule has 2 aliphatic heterocycles. The SMILES string of the molecule is O=C(OCC1OC(O)C(OCc2ccccc2)C(OCc2ccccc2)C1OC1OC(COCc2ccccc2)C(OCc2ccccc2)C(OCc2ccccc2)C1OCc1ccccc1)c1ccccc1. The van der Waals surface area contributed by atoms with Crippen LogP contribution in [-0.4, -0.2) is 85.7 Å². The van der Waals surface area contributed by atoms with E-state index < -0.39 is 67.4 Å². The molecule has 0 bridgehead atoms. The molecule has 12 heteroatoms. The molecule has 7 aromatic carbocycles. The molecule has 2 heterocycles. The number of hydrogen-bond acceptors (Lipinski definition) is 12. The summed E-state index contributed by atoms with van der Waals surface area (Å²) >= 11 is 0. The maximum Gasteiger partial charge on any atom is 0.338 e. The Morgan fingerprint density at radius 2 is 0.712 bits per heavy atom. The Balaban J connectivity index is 1.11.